The van der Waals surface area contributed by atoms with Gasteiger partial charge in [-0.25, -0.2) is 9.97 Å². The predicted molar refractivity (Wildman–Crippen MR) is 80.5 cm³/mol. The normalized spacial score (nSPS) is 19.8. The summed E-state index contributed by atoms with van der Waals surface area (Å²) in [6.45, 7) is 7.43. The average Bonchev–Trinajstić information content (AvgIpc) is 2.41. The van der Waals surface area contributed by atoms with Crippen molar-refractivity contribution in [2.45, 2.75) is 58.5 Å². The van der Waals surface area contributed by atoms with Gasteiger partial charge in [-0.2, -0.15) is 0 Å². The lowest BCUT2D eigenvalue weighted by molar-refractivity contribution is 0.447. The number of nitrogens with one attached hydrogen (secondary N) is 1. The van der Waals surface area contributed by atoms with Crippen molar-refractivity contribution in [1.82, 2.24) is 9.97 Å². The predicted octanol–water partition coefficient (Wildman–Crippen LogP) is 2.65. The molecule has 106 valence electrons. The first-order valence-electron chi connectivity index (χ1n) is 7.27. The van der Waals surface area contributed by atoms with E-state index in [0.29, 0.717) is 17.8 Å². The molecule has 1 saturated heterocycles. The highest BCUT2D eigenvalue weighted by Crippen LogP contribution is 2.32. The van der Waals surface area contributed by atoms with Crippen LogP contribution in [0.1, 0.15) is 46.5 Å². The van der Waals surface area contributed by atoms with Gasteiger partial charge in [-0.15, -0.1) is 0 Å². The lowest BCUT2D eigenvalue weighted by atomic mass is 10.00. The van der Waals surface area contributed by atoms with E-state index in [1.807, 2.05) is 0 Å². The molecule has 1 aromatic rings. The highest BCUT2D eigenvalue weighted by Gasteiger charge is 2.24. The maximum Gasteiger partial charge on any atom is 0.157 e. The molecule has 3 N–H and O–H groups in total. The molecule has 0 radical (unpaired) electrons. The molecular formula is C14H25N5. The van der Waals surface area contributed by atoms with Gasteiger partial charge in [0.25, 0.3) is 0 Å². The molecule has 1 fully saturated rings. The van der Waals surface area contributed by atoms with E-state index < -0.39 is 0 Å². The first-order chi connectivity index (χ1) is 9.13. The van der Waals surface area contributed by atoms with E-state index in [-0.39, 0.29) is 0 Å². The van der Waals surface area contributed by atoms with Crippen LogP contribution >= 0.6 is 0 Å². The molecule has 5 nitrogen and oxygen atoms in total. The third-order valence-corrected chi connectivity index (χ3v) is 3.66. The van der Waals surface area contributed by atoms with Crippen LogP contribution in [0.15, 0.2) is 6.33 Å². The third-order valence-electron chi connectivity index (χ3n) is 3.66. The first-order valence-corrected chi connectivity index (χ1v) is 7.27. The lowest BCUT2D eigenvalue weighted by Gasteiger charge is -2.36. The Hall–Kier alpha value is -1.52. The zero-order valence-corrected chi connectivity index (χ0v) is 12.2. The van der Waals surface area contributed by atoms with Gasteiger partial charge < -0.3 is 16.0 Å². The summed E-state index contributed by atoms with van der Waals surface area (Å²) >= 11 is 0. The van der Waals surface area contributed by atoms with Crippen LogP contribution in [0.4, 0.5) is 17.3 Å². The van der Waals surface area contributed by atoms with Gasteiger partial charge in [-0.1, -0.05) is 6.92 Å². The molecule has 1 aromatic heterocycles. The van der Waals surface area contributed by atoms with Gasteiger partial charge in [-0.3, -0.25) is 0 Å². The molecule has 19 heavy (non-hydrogen) atoms. The molecule has 0 aliphatic carbocycles. The average molecular weight is 263 g/mol. The molecular weight excluding hydrogens is 238 g/mol. The van der Waals surface area contributed by atoms with Crippen molar-refractivity contribution in [2.75, 3.05) is 22.5 Å². The number of aromatic nitrogens is 2. The first kappa shape index (κ1) is 13.9. The van der Waals surface area contributed by atoms with Crippen LogP contribution in [0.25, 0.3) is 0 Å². The third kappa shape index (κ3) is 3.08. The van der Waals surface area contributed by atoms with E-state index in [9.17, 15) is 0 Å². The summed E-state index contributed by atoms with van der Waals surface area (Å²) < 4.78 is 0. The number of nitrogens with two attached hydrogens (primary N) is 1. The minimum Gasteiger partial charge on any atom is -0.393 e. The van der Waals surface area contributed by atoms with E-state index in [4.69, 9.17) is 5.73 Å². The number of nitrogen functional groups attached to an aromatic ring is 1. The van der Waals surface area contributed by atoms with E-state index in [0.717, 1.165) is 24.6 Å². The summed E-state index contributed by atoms with van der Waals surface area (Å²) in [6.07, 6.45) is 6.49. The minimum atomic E-state index is 0.313. The Morgan fingerprint density at radius 2 is 2.21 bits per heavy atom. The molecule has 1 atom stereocenters. The Kier molecular flexibility index (Phi) is 4.45. The molecule has 5 heteroatoms. The Balaban J connectivity index is 2.28. The van der Waals surface area contributed by atoms with Crippen molar-refractivity contribution < 1.29 is 0 Å². The molecule has 1 aliphatic heterocycles. The Labute approximate surface area is 115 Å². The molecule has 0 bridgehead atoms. The van der Waals surface area contributed by atoms with Crippen molar-refractivity contribution in [2.24, 2.45) is 0 Å². The number of piperidine rings is 1. The summed E-state index contributed by atoms with van der Waals surface area (Å²) in [5, 5.41) is 3.28. The standard InChI is InChI=1S/C14H25N5/c1-4-11-7-5-6-8-19(11)14-12(15)13(16-9-17-14)18-10(2)3/h9-11H,4-8,15H2,1-3H3,(H,16,17,18). The topological polar surface area (TPSA) is 67.1 Å². The zero-order valence-electron chi connectivity index (χ0n) is 12.2. The van der Waals surface area contributed by atoms with Crippen LogP contribution < -0.4 is 16.0 Å². The second-order valence-electron chi connectivity index (χ2n) is 5.51. The van der Waals surface area contributed by atoms with E-state index in [1.54, 1.807) is 6.33 Å². The molecule has 2 heterocycles. The fourth-order valence-corrected chi connectivity index (χ4v) is 2.71. The van der Waals surface area contributed by atoms with Gasteiger partial charge in [0, 0.05) is 18.6 Å². The Morgan fingerprint density at radius 3 is 2.89 bits per heavy atom. The Bertz CT molecular complexity index is 418. The van der Waals surface area contributed by atoms with Crippen LogP contribution in [-0.2, 0) is 0 Å². The van der Waals surface area contributed by atoms with Crippen LogP contribution in [0.3, 0.4) is 0 Å². The number of nitrogens with zero attached hydrogens (tertiary/aromatic N) is 3. The van der Waals surface area contributed by atoms with Crippen LogP contribution in [0.2, 0.25) is 0 Å². The van der Waals surface area contributed by atoms with Crippen molar-refractivity contribution >= 4 is 17.3 Å². The second-order valence-corrected chi connectivity index (χ2v) is 5.51. The lowest BCUT2D eigenvalue weighted by Crippen LogP contribution is -2.40. The largest absolute Gasteiger partial charge is 0.393 e. The van der Waals surface area contributed by atoms with Crippen LogP contribution in [-0.4, -0.2) is 28.6 Å². The molecule has 1 aliphatic rings. The highest BCUT2D eigenvalue weighted by atomic mass is 15.2. The summed E-state index contributed by atoms with van der Waals surface area (Å²) in [4.78, 5) is 11.0. The zero-order chi connectivity index (χ0) is 13.8. The van der Waals surface area contributed by atoms with Crippen LogP contribution in [0, 0.1) is 0 Å². The van der Waals surface area contributed by atoms with Crippen molar-refractivity contribution in [3.63, 3.8) is 0 Å². The van der Waals surface area contributed by atoms with Gasteiger partial charge in [0.15, 0.2) is 11.6 Å². The highest BCUT2D eigenvalue weighted by molar-refractivity contribution is 5.75. The van der Waals surface area contributed by atoms with Gasteiger partial charge in [0.2, 0.25) is 0 Å². The monoisotopic (exact) mass is 263 g/mol. The number of rotatable bonds is 4. The molecule has 2 rings (SSSR count). The number of hydrogen-bond donors (Lipinski definition) is 2. The van der Waals surface area contributed by atoms with E-state index in [1.165, 1.54) is 19.3 Å². The van der Waals surface area contributed by atoms with Crippen molar-refractivity contribution in [3.05, 3.63) is 6.33 Å². The van der Waals surface area contributed by atoms with Crippen molar-refractivity contribution in [3.8, 4) is 0 Å². The summed E-state index contributed by atoms with van der Waals surface area (Å²) in [5.74, 6) is 1.64. The van der Waals surface area contributed by atoms with E-state index in [2.05, 4.69) is 41.0 Å². The fourth-order valence-electron chi connectivity index (χ4n) is 2.71. The van der Waals surface area contributed by atoms with E-state index >= 15 is 0 Å². The van der Waals surface area contributed by atoms with Gasteiger partial charge in [-0.05, 0) is 39.5 Å². The van der Waals surface area contributed by atoms with Crippen LogP contribution in [0.5, 0.6) is 0 Å². The molecule has 0 amide bonds. The maximum absolute atomic E-state index is 6.25. The SMILES string of the molecule is CCC1CCCCN1c1ncnc(NC(C)C)c1N. The Morgan fingerprint density at radius 1 is 1.42 bits per heavy atom. The molecule has 1 unspecified atom stereocenters. The summed E-state index contributed by atoms with van der Waals surface area (Å²) in [7, 11) is 0. The number of hydrogen-bond acceptors (Lipinski definition) is 5. The summed E-state index contributed by atoms with van der Waals surface area (Å²) in [5.41, 5.74) is 6.93. The molecule has 0 saturated carbocycles. The van der Waals surface area contributed by atoms with Crippen molar-refractivity contribution in [1.29, 1.82) is 0 Å². The van der Waals surface area contributed by atoms with Gasteiger partial charge in [0.05, 0.1) is 0 Å². The number of anilines is 3. The smallest absolute Gasteiger partial charge is 0.157 e. The minimum absolute atomic E-state index is 0.313. The molecule has 0 aromatic carbocycles. The van der Waals surface area contributed by atoms with Gasteiger partial charge in [0.1, 0.15) is 12.0 Å². The fraction of sp³-hybridized carbons (Fsp3) is 0.714. The maximum atomic E-state index is 6.25. The summed E-state index contributed by atoms with van der Waals surface area (Å²) in [6, 6.07) is 0.867. The second kappa shape index (κ2) is 6.08. The quantitative estimate of drug-likeness (QED) is 0.874. The van der Waals surface area contributed by atoms with Gasteiger partial charge >= 0.3 is 0 Å². The molecule has 0 spiro atoms.